The largest absolute Gasteiger partial charge is 0.370 e. The molecule has 1 saturated carbocycles. The molecule has 4 nitrogen and oxygen atoms in total. The molecule has 1 aliphatic heterocycles. The third-order valence-electron chi connectivity index (χ3n) is 4.59. The zero-order valence-corrected chi connectivity index (χ0v) is 14.1. The SMILES string of the molecule is N[C@@H]1CC[C@H](C(=O)N2CCO[C@H](c3cc(F)c(Cl)cc3Cl)C2)C1. The molecule has 0 aromatic heterocycles. The Labute approximate surface area is 144 Å². The van der Waals surface area contributed by atoms with Crippen LogP contribution in [0.2, 0.25) is 10.0 Å². The number of nitrogens with zero attached hydrogens (tertiary/aromatic N) is 1. The van der Waals surface area contributed by atoms with Crippen LogP contribution < -0.4 is 5.73 Å². The first-order valence-electron chi connectivity index (χ1n) is 7.76. The van der Waals surface area contributed by atoms with E-state index in [1.54, 1.807) is 4.90 Å². The van der Waals surface area contributed by atoms with Crippen molar-refractivity contribution in [3.63, 3.8) is 0 Å². The molecule has 0 bridgehead atoms. The Bertz CT molecular complexity index is 614. The van der Waals surface area contributed by atoms with Crippen LogP contribution >= 0.6 is 23.2 Å². The van der Waals surface area contributed by atoms with Crippen molar-refractivity contribution in [2.75, 3.05) is 19.7 Å². The lowest BCUT2D eigenvalue weighted by Gasteiger charge is -2.35. The molecule has 2 N–H and O–H groups in total. The molecule has 7 heteroatoms. The minimum Gasteiger partial charge on any atom is -0.370 e. The molecule has 2 aliphatic rings. The fourth-order valence-corrected chi connectivity index (χ4v) is 3.83. The third-order valence-corrected chi connectivity index (χ3v) is 5.20. The number of morpholine rings is 1. The van der Waals surface area contributed by atoms with Gasteiger partial charge in [0, 0.05) is 29.1 Å². The second kappa shape index (κ2) is 6.93. The van der Waals surface area contributed by atoms with E-state index in [0.717, 1.165) is 19.3 Å². The Morgan fingerprint density at radius 2 is 2.09 bits per heavy atom. The average Bonchev–Trinajstić information content (AvgIpc) is 2.97. The lowest BCUT2D eigenvalue weighted by atomic mass is 10.0. The molecule has 1 aromatic rings. The summed E-state index contributed by atoms with van der Waals surface area (Å²) in [4.78, 5) is 14.4. The molecular weight excluding hydrogens is 342 g/mol. The standard InChI is InChI=1S/C16H19Cl2FN2O2/c17-12-7-13(18)14(19)6-11(12)15-8-21(3-4-23-15)16(22)9-1-2-10(20)5-9/h6-7,9-10,15H,1-5,8,20H2/t9-,10+,15-/m0/s1. The number of ether oxygens (including phenoxy) is 1. The summed E-state index contributed by atoms with van der Waals surface area (Å²) < 4.78 is 19.4. The maximum Gasteiger partial charge on any atom is 0.225 e. The molecule has 1 heterocycles. The monoisotopic (exact) mass is 360 g/mol. The fourth-order valence-electron chi connectivity index (χ4n) is 3.32. The Balaban J connectivity index is 1.73. The van der Waals surface area contributed by atoms with E-state index in [1.165, 1.54) is 12.1 Å². The minimum atomic E-state index is -0.542. The van der Waals surface area contributed by atoms with Gasteiger partial charge in [0.25, 0.3) is 0 Å². The van der Waals surface area contributed by atoms with Crippen molar-refractivity contribution in [3.05, 3.63) is 33.6 Å². The van der Waals surface area contributed by atoms with Crippen molar-refractivity contribution >= 4 is 29.1 Å². The summed E-state index contributed by atoms with van der Waals surface area (Å²) in [6.45, 7) is 1.30. The molecule has 1 amide bonds. The number of hydrogen-bond acceptors (Lipinski definition) is 3. The fraction of sp³-hybridized carbons (Fsp3) is 0.562. The molecule has 0 radical (unpaired) electrons. The number of carbonyl (C=O) groups is 1. The van der Waals surface area contributed by atoms with Crippen LogP contribution in [0.3, 0.4) is 0 Å². The van der Waals surface area contributed by atoms with E-state index >= 15 is 0 Å². The normalized spacial score (nSPS) is 28.2. The predicted octanol–water partition coefficient (Wildman–Crippen LogP) is 3.16. The summed E-state index contributed by atoms with van der Waals surface area (Å²) in [5, 5.41) is 0.320. The van der Waals surface area contributed by atoms with Crippen LogP contribution in [0.15, 0.2) is 12.1 Å². The highest BCUT2D eigenvalue weighted by Crippen LogP contribution is 2.33. The molecule has 126 valence electrons. The molecule has 0 spiro atoms. The van der Waals surface area contributed by atoms with Crippen LogP contribution in [0.4, 0.5) is 4.39 Å². The van der Waals surface area contributed by atoms with E-state index in [0.29, 0.717) is 30.3 Å². The van der Waals surface area contributed by atoms with E-state index in [-0.39, 0.29) is 22.9 Å². The van der Waals surface area contributed by atoms with Crippen molar-refractivity contribution in [2.45, 2.75) is 31.4 Å². The quantitative estimate of drug-likeness (QED) is 0.824. The smallest absolute Gasteiger partial charge is 0.225 e. The highest BCUT2D eigenvalue weighted by atomic mass is 35.5. The van der Waals surface area contributed by atoms with Crippen LogP contribution in [0.25, 0.3) is 0 Å². The summed E-state index contributed by atoms with van der Waals surface area (Å²) in [6.07, 6.45) is 2.01. The van der Waals surface area contributed by atoms with Crippen LogP contribution in [0.5, 0.6) is 0 Å². The van der Waals surface area contributed by atoms with E-state index in [4.69, 9.17) is 33.7 Å². The van der Waals surface area contributed by atoms with E-state index in [2.05, 4.69) is 0 Å². The summed E-state index contributed by atoms with van der Waals surface area (Å²) in [6, 6.07) is 2.77. The Morgan fingerprint density at radius 3 is 2.78 bits per heavy atom. The topological polar surface area (TPSA) is 55.6 Å². The Kier molecular flexibility index (Phi) is 5.11. The molecular formula is C16H19Cl2FN2O2. The zero-order valence-electron chi connectivity index (χ0n) is 12.6. The summed E-state index contributed by atoms with van der Waals surface area (Å²) in [5.74, 6) is -0.446. The zero-order chi connectivity index (χ0) is 16.6. The van der Waals surface area contributed by atoms with Gasteiger partial charge in [0.2, 0.25) is 5.91 Å². The van der Waals surface area contributed by atoms with Gasteiger partial charge < -0.3 is 15.4 Å². The molecule has 1 aliphatic carbocycles. The first-order valence-corrected chi connectivity index (χ1v) is 8.51. The van der Waals surface area contributed by atoms with Gasteiger partial charge >= 0.3 is 0 Å². The number of rotatable bonds is 2. The lowest BCUT2D eigenvalue weighted by molar-refractivity contribution is -0.143. The maximum atomic E-state index is 13.7. The number of hydrogen-bond donors (Lipinski definition) is 1. The van der Waals surface area contributed by atoms with Crippen molar-refractivity contribution in [1.29, 1.82) is 0 Å². The molecule has 3 atom stereocenters. The summed E-state index contributed by atoms with van der Waals surface area (Å²) >= 11 is 11.9. The molecule has 0 unspecified atom stereocenters. The van der Waals surface area contributed by atoms with Gasteiger partial charge in [-0.15, -0.1) is 0 Å². The molecule has 1 aromatic carbocycles. The van der Waals surface area contributed by atoms with E-state index in [9.17, 15) is 9.18 Å². The Hall–Kier alpha value is -0.880. The first-order chi connectivity index (χ1) is 11.0. The van der Waals surface area contributed by atoms with Gasteiger partial charge in [-0.3, -0.25) is 4.79 Å². The molecule has 2 fully saturated rings. The Morgan fingerprint density at radius 1 is 1.30 bits per heavy atom. The van der Waals surface area contributed by atoms with Gasteiger partial charge in [-0.2, -0.15) is 0 Å². The van der Waals surface area contributed by atoms with Gasteiger partial charge in [0.15, 0.2) is 0 Å². The summed E-state index contributed by atoms with van der Waals surface area (Å²) in [7, 11) is 0. The van der Waals surface area contributed by atoms with E-state index < -0.39 is 11.9 Å². The first kappa shape index (κ1) is 17.0. The van der Waals surface area contributed by atoms with Gasteiger partial charge in [0.05, 0.1) is 18.2 Å². The van der Waals surface area contributed by atoms with Crippen molar-refractivity contribution < 1.29 is 13.9 Å². The second-order valence-corrected chi connectivity index (χ2v) is 7.02. The third kappa shape index (κ3) is 3.63. The highest BCUT2D eigenvalue weighted by molar-refractivity contribution is 6.35. The van der Waals surface area contributed by atoms with Gasteiger partial charge in [-0.1, -0.05) is 23.2 Å². The van der Waals surface area contributed by atoms with Crippen LogP contribution in [-0.4, -0.2) is 36.5 Å². The number of halogens is 3. The minimum absolute atomic E-state index is 0.0128. The van der Waals surface area contributed by atoms with Gasteiger partial charge in [0.1, 0.15) is 11.9 Å². The van der Waals surface area contributed by atoms with Crippen LogP contribution in [0.1, 0.15) is 30.9 Å². The second-order valence-electron chi connectivity index (χ2n) is 6.20. The highest BCUT2D eigenvalue weighted by Gasteiger charge is 2.34. The number of benzene rings is 1. The van der Waals surface area contributed by atoms with Crippen LogP contribution in [-0.2, 0) is 9.53 Å². The average molecular weight is 361 g/mol. The maximum absolute atomic E-state index is 13.7. The number of amides is 1. The van der Waals surface area contributed by atoms with Crippen LogP contribution in [0, 0.1) is 11.7 Å². The van der Waals surface area contributed by atoms with Crippen molar-refractivity contribution in [2.24, 2.45) is 11.7 Å². The molecule has 1 saturated heterocycles. The van der Waals surface area contributed by atoms with Gasteiger partial charge in [-0.25, -0.2) is 4.39 Å². The lowest BCUT2D eigenvalue weighted by Crippen LogP contribution is -2.44. The predicted molar refractivity (Wildman–Crippen MR) is 87.0 cm³/mol. The molecule has 3 rings (SSSR count). The number of carbonyl (C=O) groups excluding carboxylic acids is 1. The van der Waals surface area contributed by atoms with Gasteiger partial charge in [-0.05, 0) is 31.4 Å². The molecule has 23 heavy (non-hydrogen) atoms. The number of nitrogens with two attached hydrogens (primary N) is 1. The van der Waals surface area contributed by atoms with Crippen molar-refractivity contribution in [3.8, 4) is 0 Å². The van der Waals surface area contributed by atoms with E-state index in [1.807, 2.05) is 0 Å². The van der Waals surface area contributed by atoms with Crippen molar-refractivity contribution in [1.82, 2.24) is 4.90 Å². The summed E-state index contributed by atoms with van der Waals surface area (Å²) in [5.41, 5.74) is 6.42.